The smallest absolute Gasteiger partial charge is 0.191 e. The number of nitrogen functional groups attached to an aromatic ring is 1. The van der Waals surface area contributed by atoms with Crippen LogP contribution in [-0.4, -0.2) is 59.6 Å². The molecule has 2 unspecified atom stereocenters. The van der Waals surface area contributed by atoms with Crippen molar-refractivity contribution >= 4 is 38.6 Å². The summed E-state index contributed by atoms with van der Waals surface area (Å²) in [5, 5.41) is 4.73. The number of furan rings is 1. The number of aromatic nitrogens is 1. The third-order valence-electron chi connectivity index (χ3n) is 9.02. The molecule has 180 valence electrons. The highest BCUT2D eigenvalue weighted by molar-refractivity contribution is 9.10. The lowest BCUT2D eigenvalue weighted by molar-refractivity contribution is 0.0652. The largest absolute Gasteiger partial charge is 0.439 e. The number of nitrogens with zero attached hydrogens (tertiary/aromatic N) is 3. The van der Waals surface area contributed by atoms with Gasteiger partial charge in [0.25, 0.3) is 0 Å². The molecule has 2 saturated heterocycles. The van der Waals surface area contributed by atoms with Crippen molar-refractivity contribution < 1.29 is 4.42 Å². The van der Waals surface area contributed by atoms with E-state index in [9.17, 15) is 0 Å². The van der Waals surface area contributed by atoms with E-state index in [4.69, 9.17) is 10.2 Å². The SMILES string of the molecule is Nc1cc2c(Br)c(NC3CC34CCC(N3CCCC(CN5CCCCC5)C3)CC4)ncc2o1. The molecule has 1 spiro atoms. The number of hydrogen-bond acceptors (Lipinski definition) is 6. The summed E-state index contributed by atoms with van der Waals surface area (Å²) in [5.74, 6) is 2.24. The molecule has 6 nitrogen and oxygen atoms in total. The molecule has 2 aliphatic carbocycles. The van der Waals surface area contributed by atoms with Crippen LogP contribution in [0.3, 0.4) is 0 Å². The Balaban J connectivity index is 1.02. The van der Waals surface area contributed by atoms with Crippen LogP contribution >= 0.6 is 15.9 Å². The van der Waals surface area contributed by atoms with E-state index in [0.29, 0.717) is 17.3 Å². The van der Waals surface area contributed by atoms with Crippen LogP contribution in [0.15, 0.2) is 21.2 Å². The summed E-state index contributed by atoms with van der Waals surface area (Å²) >= 11 is 3.72. The number of rotatable bonds is 5. The highest BCUT2D eigenvalue weighted by Crippen LogP contribution is 2.58. The minimum Gasteiger partial charge on any atom is -0.439 e. The average molecular weight is 517 g/mol. The van der Waals surface area contributed by atoms with Gasteiger partial charge in [-0.3, -0.25) is 0 Å². The first-order valence-corrected chi connectivity index (χ1v) is 14.0. The number of pyridine rings is 1. The summed E-state index contributed by atoms with van der Waals surface area (Å²) in [6, 6.07) is 3.21. The van der Waals surface area contributed by atoms with Crippen LogP contribution in [-0.2, 0) is 0 Å². The van der Waals surface area contributed by atoms with Crippen LogP contribution in [0.2, 0.25) is 0 Å². The number of piperidine rings is 2. The molecule has 33 heavy (non-hydrogen) atoms. The molecule has 4 fully saturated rings. The molecule has 7 heteroatoms. The lowest BCUT2D eigenvalue weighted by atomic mass is 9.81. The predicted molar refractivity (Wildman–Crippen MR) is 137 cm³/mol. The van der Waals surface area contributed by atoms with Crippen molar-refractivity contribution in [3.8, 4) is 0 Å². The van der Waals surface area contributed by atoms with Gasteiger partial charge in [-0.25, -0.2) is 4.98 Å². The molecule has 6 rings (SSSR count). The molecular weight excluding hydrogens is 478 g/mol. The Morgan fingerprint density at radius 3 is 2.76 bits per heavy atom. The Kier molecular flexibility index (Phi) is 6.08. The minimum absolute atomic E-state index is 0.432. The van der Waals surface area contributed by atoms with Gasteiger partial charge in [0, 0.05) is 36.6 Å². The maximum absolute atomic E-state index is 5.82. The number of nitrogens with one attached hydrogen (secondary N) is 1. The first kappa shape index (κ1) is 22.2. The fourth-order valence-corrected chi connectivity index (χ4v) is 7.52. The molecule has 0 bridgehead atoms. The van der Waals surface area contributed by atoms with Gasteiger partial charge in [-0.1, -0.05) is 6.42 Å². The summed E-state index contributed by atoms with van der Waals surface area (Å²) in [6.45, 7) is 6.67. The standard InChI is InChI=1S/C26H38BrN5O/c27-24-20-13-23(28)33-21(20)15-29-25(24)30-22-14-26(22)8-6-19(7-9-26)32-12-4-5-18(17-32)16-31-10-2-1-3-11-31/h13,15,18-19,22H,1-12,14,16-17,28H2,(H,29,30). The summed E-state index contributed by atoms with van der Waals surface area (Å²) in [6.07, 6.45) is 15.6. The Hall–Kier alpha value is -1.31. The molecule has 2 saturated carbocycles. The third-order valence-corrected chi connectivity index (χ3v) is 9.82. The fraction of sp³-hybridized carbons (Fsp3) is 0.731. The molecule has 4 heterocycles. The predicted octanol–water partition coefficient (Wildman–Crippen LogP) is 5.48. The second-order valence-corrected chi connectivity index (χ2v) is 12.0. The Bertz CT molecular complexity index is 978. The zero-order chi connectivity index (χ0) is 22.4. The highest BCUT2D eigenvalue weighted by atomic mass is 79.9. The Morgan fingerprint density at radius 2 is 1.94 bits per heavy atom. The van der Waals surface area contributed by atoms with Crippen molar-refractivity contribution in [2.45, 2.75) is 76.3 Å². The topological polar surface area (TPSA) is 70.6 Å². The van der Waals surface area contributed by atoms with E-state index in [1.54, 1.807) is 6.20 Å². The summed E-state index contributed by atoms with van der Waals surface area (Å²) in [7, 11) is 0. The summed E-state index contributed by atoms with van der Waals surface area (Å²) < 4.78 is 6.47. The normalized spacial score (nSPS) is 33.5. The van der Waals surface area contributed by atoms with Gasteiger partial charge in [-0.2, -0.15) is 0 Å². The van der Waals surface area contributed by atoms with Gasteiger partial charge in [-0.15, -0.1) is 0 Å². The zero-order valence-corrected chi connectivity index (χ0v) is 21.3. The van der Waals surface area contributed by atoms with Crippen molar-refractivity contribution in [1.82, 2.24) is 14.8 Å². The van der Waals surface area contributed by atoms with Gasteiger partial charge < -0.3 is 25.3 Å². The van der Waals surface area contributed by atoms with Gasteiger partial charge in [0.1, 0.15) is 5.82 Å². The molecule has 0 radical (unpaired) electrons. The van der Waals surface area contributed by atoms with Crippen molar-refractivity contribution in [3.05, 3.63) is 16.7 Å². The second-order valence-electron chi connectivity index (χ2n) is 11.2. The maximum atomic E-state index is 5.82. The maximum Gasteiger partial charge on any atom is 0.191 e. The number of fused-ring (bicyclic) bond motifs is 1. The van der Waals surface area contributed by atoms with E-state index in [0.717, 1.165) is 33.2 Å². The third kappa shape index (κ3) is 4.53. The van der Waals surface area contributed by atoms with Crippen LogP contribution in [0, 0.1) is 11.3 Å². The molecule has 2 aromatic heterocycles. The molecular formula is C26H38BrN5O. The van der Waals surface area contributed by atoms with Gasteiger partial charge in [0.2, 0.25) is 0 Å². The summed E-state index contributed by atoms with van der Waals surface area (Å²) in [4.78, 5) is 10.2. The first-order valence-electron chi connectivity index (χ1n) is 13.2. The van der Waals surface area contributed by atoms with E-state index in [2.05, 4.69) is 36.0 Å². The van der Waals surface area contributed by atoms with Crippen LogP contribution in [0.5, 0.6) is 0 Å². The Labute approximate surface area is 205 Å². The van der Waals surface area contributed by atoms with Gasteiger partial charge in [0.05, 0.1) is 10.7 Å². The monoisotopic (exact) mass is 515 g/mol. The molecule has 0 aromatic carbocycles. The Morgan fingerprint density at radius 1 is 1.12 bits per heavy atom. The van der Waals surface area contributed by atoms with Gasteiger partial charge in [0.15, 0.2) is 11.5 Å². The van der Waals surface area contributed by atoms with E-state index in [1.807, 2.05) is 6.07 Å². The lowest BCUT2D eigenvalue weighted by Gasteiger charge is -2.43. The number of anilines is 2. The van der Waals surface area contributed by atoms with E-state index >= 15 is 0 Å². The van der Waals surface area contributed by atoms with Crippen molar-refractivity contribution in [3.63, 3.8) is 0 Å². The van der Waals surface area contributed by atoms with E-state index in [-0.39, 0.29) is 0 Å². The second kappa shape index (κ2) is 9.04. The first-order chi connectivity index (χ1) is 16.1. The lowest BCUT2D eigenvalue weighted by Crippen LogP contribution is -2.47. The highest BCUT2D eigenvalue weighted by Gasteiger charge is 2.55. The van der Waals surface area contributed by atoms with Gasteiger partial charge in [-0.05, 0) is 105 Å². The molecule has 2 aromatic rings. The minimum atomic E-state index is 0.432. The van der Waals surface area contributed by atoms with Crippen molar-refractivity contribution in [2.24, 2.45) is 11.3 Å². The summed E-state index contributed by atoms with van der Waals surface area (Å²) in [5.41, 5.74) is 7.03. The number of hydrogen-bond donors (Lipinski definition) is 2. The number of nitrogens with two attached hydrogens (primary N) is 1. The van der Waals surface area contributed by atoms with E-state index < -0.39 is 0 Å². The van der Waals surface area contributed by atoms with Gasteiger partial charge >= 0.3 is 0 Å². The quantitative estimate of drug-likeness (QED) is 0.548. The molecule has 4 aliphatic rings. The van der Waals surface area contributed by atoms with Crippen LogP contribution in [0.1, 0.15) is 64.2 Å². The fourth-order valence-electron chi connectivity index (χ4n) is 7.00. The molecule has 0 amide bonds. The molecule has 2 atom stereocenters. The van der Waals surface area contributed by atoms with Crippen LogP contribution in [0.4, 0.5) is 11.7 Å². The van der Waals surface area contributed by atoms with Crippen LogP contribution < -0.4 is 11.1 Å². The van der Waals surface area contributed by atoms with Crippen molar-refractivity contribution in [1.29, 1.82) is 0 Å². The zero-order valence-electron chi connectivity index (χ0n) is 19.7. The van der Waals surface area contributed by atoms with Crippen molar-refractivity contribution in [2.75, 3.05) is 43.8 Å². The van der Waals surface area contributed by atoms with Crippen LogP contribution in [0.25, 0.3) is 11.0 Å². The molecule has 2 aliphatic heterocycles. The average Bonchev–Trinajstić information content (AvgIpc) is 3.32. The molecule has 3 N–H and O–H groups in total. The number of halogens is 1. The van der Waals surface area contributed by atoms with E-state index in [1.165, 1.54) is 96.9 Å². The number of likely N-dealkylation sites (tertiary alicyclic amines) is 2.